The van der Waals surface area contributed by atoms with Gasteiger partial charge in [-0.25, -0.2) is 4.98 Å². The number of benzene rings is 1. The maximum Gasteiger partial charge on any atom is 0.212 e. The van der Waals surface area contributed by atoms with E-state index in [-0.39, 0.29) is 0 Å². The second-order valence-corrected chi connectivity index (χ2v) is 7.00. The first-order valence-corrected chi connectivity index (χ1v) is 9.12. The summed E-state index contributed by atoms with van der Waals surface area (Å²) in [4.78, 5) is 10.5. The van der Waals surface area contributed by atoms with E-state index in [1.165, 1.54) is 0 Å². The van der Waals surface area contributed by atoms with Crippen molar-refractivity contribution in [3.8, 4) is 0 Å². The molecule has 0 aliphatic carbocycles. The van der Waals surface area contributed by atoms with E-state index in [0.29, 0.717) is 5.37 Å². The number of fused-ring (bicyclic) bond motifs is 3. The van der Waals surface area contributed by atoms with Gasteiger partial charge in [-0.1, -0.05) is 43.8 Å². The molecule has 1 N–H and O–H groups in total. The van der Waals surface area contributed by atoms with Crippen LogP contribution in [0, 0.1) is 0 Å². The van der Waals surface area contributed by atoms with E-state index >= 15 is 0 Å². The van der Waals surface area contributed by atoms with Crippen LogP contribution in [0.15, 0.2) is 29.4 Å². The zero-order chi connectivity index (χ0) is 16.2. The van der Waals surface area contributed by atoms with Crippen LogP contribution in [0.5, 0.6) is 0 Å². The summed E-state index contributed by atoms with van der Waals surface area (Å²) in [5.41, 5.74) is 2.71. The first kappa shape index (κ1) is 16.2. The Kier molecular flexibility index (Phi) is 5.13. The van der Waals surface area contributed by atoms with Gasteiger partial charge in [0.2, 0.25) is 5.16 Å². The molecule has 23 heavy (non-hydrogen) atoms. The average Bonchev–Trinajstić information content (AvgIpc) is 2.92. The van der Waals surface area contributed by atoms with E-state index in [1.807, 2.05) is 24.3 Å². The molecule has 0 aliphatic heterocycles. The summed E-state index contributed by atoms with van der Waals surface area (Å²) in [5, 5.41) is 10.9. The number of aromatic amines is 1. The second kappa shape index (κ2) is 7.27. The number of hydrogen-bond donors (Lipinski definition) is 1. The first-order chi connectivity index (χ1) is 11.2. The van der Waals surface area contributed by atoms with Crippen molar-refractivity contribution in [1.29, 1.82) is 0 Å². The highest BCUT2D eigenvalue weighted by atomic mass is 32.2. The molecule has 0 fully saturated rings. The summed E-state index contributed by atoms with van der Waals surface area (Å²) in [7, 11) is 0. The Labute approximate surface area is 140 Å². The Morgan fingerprint density at radius 3 is 2.61 bits per heavy atom. The van der Waals surface area contributed by atoms with Gasteiger partial charge in [-0.15, -0.1) is 10.2 Å². The lowest BCUT2D eigenvalue weighted by Gasteiger charge is -2.26. The third kappa shape index (κ3) is 3.48. The number of nitrogens with one attached hydrogen (secondary N) is 1. The van der Waals surface area contributed by atoms with Crippen molar-refractivity contribution in [2.45, 2.75) is 44.1 Å². The van der Waals surface area contributed by atoms with Gasteiger partial charge in [0, 0.05) is 10.9 Å². The van der Waals surface area contributed by atoms with Gasteiger partial charge < -0.3 is 4.98 Å². The maximum absolute atomic E-state index is 4.66. The van der Waals surface area contributed by atoms with Crippen molar-refractivity contribution in [3.05, 3.63) is 24.3 Å². The second-order valence-electron chi connectivity index (χ2n) is 5.72. The summed E-state index contributed by atoms with van der Waals surface area (Å²) >= 11 is 1.68. The summed E-state index contributed by atoms with van der Waals surface area (Å²) in [6.45, 7) is 8.85. The minimum atomic E-state index is 0.346. The molecule has 0 spiro atoms. The molecular formula is C17H23N5S. The van der Waals surface area contributed by atoms with Crippen LogP contribution in [0.4, 0.5) is 0 Å². The van der Waals surface area contributed by atoms with Crippen LogP contribution in [0.3, 0.4) is 0 Å². The Balaban J connectivity index is 1.84. The van der Waals surface area contributed by atoms with Crippen molar-refractivity contribution < 1.29 is 0 Å². The van der Waals surface area contributed by atoms with Crippen LogP contribution >= 0.6 is 11.8 Å². The van der Waals surface area contributed by atoms with E-state index < -0.39 is 0 Å². The molecule has 0 aliphatic rings. The molecule has 3 aromatic rings. The zero-order valence-electron chi connectivity index (χ0n) is 13.9. The minimum Gasteiger partial charge on any atom is -0.338 e. The van der Waals surface area contributed by atoms with E-state index in [1.54, 1.807) is 11.8 Å². The molecule has 6 heteroatoms. The number of nitrogens with zero attached hydrogens (tertiary/aromatic N) is 4. The zero-order valence-corrected chi connectivity index (χ0v) is 14.7. The molecule has 2 aromatic heterocycles. The molecule has 122 valence electrons. The molecule has 0 radical (unpaired) electrons. The van der Waals surface area contributed by atoms with Gasteiger partial charge in [-0.05, 0) is 38.9 Å². The van der Waals surface area contributed by atoms with Gasteiger partial charge in [-0.2, -0.15) is 0 Å². The van der Waals surface area contributed by atoms with Gasteiger partial charge in [0.1, 0.15) is 5.52 Å². The van der Waals surface area contributed by atoms with Crippen molar-refractivity contribution >= 4 is 33.8 Å². The van der Waals surface area contributed by atoms with Crippen LogP contribution in [0.1, 0.15) is 33.6 Å². The minimum absolute atomic E-state index is 0.346. The van der Waals surface area contributed by atoms with E-state index in [9.17, 15) is 0 Å². The molecule has 0 amide bonds. The summed E-state index contributed by atoms with van der Waals surface area (Å²) < 4.78 is 0. The highest BCUT2D eigenvalue weighted by molar-refractivity contribution is 7.99. The predicted octanol–water partition coefficient (Wildman–Crippen LogP) is 4.07. The highest BCUT2D eigenvalue weighted by Gasteiger charge is 2.16. The lowest BCUT2D eigenvalue weighted by atomic mass is 10.2. The maximum atomic E-state index is 4.66. The fourth-order valence-electron chi connectivity index (χ4n) is 2.83. The van der Waals surface area contributed by atoms with Crippen molar-refractivity contribution in [2.24, 2.45) is 0 Å². The normalized spacial score (nSPS) is 13.2. The molecule has 1 unspecified atom stereocenters. The standard InChI is InChI=1S/C17H23N5S/c1-4-10-22(11-5-2)12(3)23-17-19-16-15(20-21-17)13-8-6-7-9-14(13)18-16/h6-9,12H,4-5,10-11H2,1-3H3,(H,18,19,21). The smallest absolute Gasteiger partial charge is 0.212 e. The molecule has 1 aromatic carbocycles. The summed E-state index contributed by atoms with van der Waals surface area (Å²) in [6, 6.07) is 8.11. The quantitative estimate of drug-likeness (QED) is 0.523. The fraction of sp³-hybridized carbons (Fsp3) is 0.471. The topological polar surface area (TPSA) is 57.7 Å². The van der Waals surface area contributed by atoms with Crippen LogP contribution in [0.2, 0.25) is 0 Å². The molecular weight excluding hydrogens is 306 g/mol. The number of rotatable bonds is 7. The van der Waals surface area contributed by atoms with Gasteiger partial charge in [0.05, 0.1) is 5.37 Å². The molecule has 0 saturated carbocycles. The molecule has 0 saturated heterocycles. The van der Waals surface area contributed by atoms with Gasteiger partial charge in [0.25, 0.3) is 0 Å². The average molecular weight is 329 g/mol. The van der Waals surface area contributed by atoms with Gasteiger partial charge in [-0.3, -0.25) is 4.90 Å². The molecule has 3 rings (SSSR count). The van der Waals surface area contributed by atoms with Crippen molar-refractivity contribution in [2.75, 3.05) is 13.1 Å². The SMILES string of the molecule is CCCN(CCC)C(C)Sc1nnc2c(n1)[nH]c1ccccc12. The lowest BCUT2D eigenvalue weighted by molar-refractivity contribution is 0.267. The number of hydrogen-bond acceptors (Lipinski definition) is 5. The van der Waals surface area contributed by atoms with E-state index in [2.05, 4.69) is 45.8 Å². The lowest BCUT2D eigenvalue weighted by Crippen LogP contribution is -2.32. The first-order valence-electron chi connectivity index (χ1n) is 8.24. The van der Waals surface area contributed by atoms with E-state index in [0.717, 1.165) is 53.2 Å². The third-order valence-electron chi connectivity index (χ3n) is 3.91. The Hall–Kier alpha value is -1.66. The number of aromatic nitrogens is 4. The van der Waals surface area contributed by atoms with Crippen LogP contribution in [-0.2, 0) is 0 Å². The Morgan fingerprint density at radius 1 is 1.13 bits per heavy atom. The summed E-state index contributed by atoms with van der Waals surface area (Å²) in [5.74, 6) is 0. The Bertz CT molecular complexity index is 779. The van der Waals surface area contributed by atoms with Crippen molar-refractivity contribution in [1.82, 2.24) is 25.1 Å². The third-order valence-corrected chi connectivity index (χ3v) is 4.94. The van der Waals surface area contributed by atoms with Crippen molar-refractivity contribution in [3.63, 3.8) is 0 Å². The molecule has 0 bridgehead atoms. The number of H-pyrrole nitrogens is 1. The van der Waals surface area contributed by atoms with Crippen LogP contribution in [-0.4, -0.2) is 43.5 Å². The Morgan fingerprint density at radius 2 is 1.87 bits per heavy atom. The summed E-state index contributed by atoms with van der Waals surface area (Å²) in [6.07, 6.45) is 2.32. The monoisotopic (exact) mass is 329 g/mol. The number of para-hydroxylation sites is 1. The molecule has 1 atom stereocenters. The predicted molar refractivity (Wildman–Crippen MR) is 96.7 cm³/mol. The number of thioether (sulfide) groups is 1. The van der Waals surface area contributed by atoms with Gasteiger partial charge in [0.15, 0.2) is 5.65 Å². The van der Waals surface area contributed by atoms with Gasteiger partial charge >= 0.3 is 0 Å². The largest absolute Gasteiger partial charge is 0.338 e. The molecule has 5 nitrogen and oxygen atoms in total. The fourth-order valence-corrected chi connectivity index (χ4v) is 3.73. The molecule has 2 heterocycles. The van der Waals surface area contributed by atoms with Crippen LogP contribution < -0.4 is 0 Å². The highest BCUT2D eigenvalue weighted by Crippen LogP contribution is 2.26. The van der Waals surface area contributed by atoms with E-state index in [4.69, 9.17) is 0 Å². The van der Waals surface area contributed by atoms with Crippen LogP contribution in [0.25, 0.3) is 22.1 Å².